The largest absolute Gasteiger partial charge is 1.00 e. The van der Waals surface area contributed by atoms with E-state index in [1.54, 1.807) is 74.5 Å². The second-order valence-corrected chi connectivity index (χ2v) is 34.1. The number of nitrogens with zero attached hydrogens (tertiary/aromatic N) is 9. The number of nitrogens with two attached hydrogens (primary N) is 2. The molecule has 0 unspecified atom stereocenters. The van der Waals surface area contributed by atoms with Crippen LogP contribution in [-0.4, -0.2) is 151 Å². The van der Waals surface area contributed by atoms with Crippen LogP contribution in [-0.2, 0) is 86.4 Å². The van der Waals surface area contributed by atoms with Crippen LogP contribution < -0.4 is 80.0 Å². The second-order valence-electron chi connectivity index (χ2n) is 31.0. The fourth-order valence-corrected chi connectivity index (χ4v) is 15.8. The predicted octanol–water partition coefficient (Wildman–Crippen LogP) is 17.5. The fraction of sp³-hybridized carbons (Fsp3) is 0.221. The molecule has 0 aliphatic carbocycles. The van der Waals surface area contributed by atoms with E-state index < -0.39 is 82.9 Å². The summed E-state index contributed by atoms with van der Waals surface area (Å²) in [5.74, 6) is -5.95. The zero-order valence-corrected chi connectivity index (χ0v) is 84.6. The van der Waals surface area contributed by atoms with Crippen molar-refractivity contribution >= 4 is 149 Å². The minimum absolute atomic E-state index is 0. The van der Waals surface area contributed by atoms with E-state index in [2.05, 4.69) is 71.5 Å². The Labute approximate surface area is 871 Å². The van der Waals surface area contributed by atoms with E-state index in [0.717, 1.165) is 109 Å². The van der Waals surface area contributed by atoms with Gasteiger partial charge in [-0.05, 0) is 194 Å². The molecule has 1 aliphatic heterocycles. The number of carbonyl (C=O) groups is 9. The van der Waals surface area contributed by atoms with Gasteiger partial charge in [0, 0.05) is 145 Å². The quantitative estimate of drug-likeness (QED) is 0.00643. The van der Waals surface area contributed by atoms with Gasteiger partial charge in [0.25, 0.3) is 0 Å². The molecule has 755 valence electrons. The molecular weight excluding hydrogens is 1970 g/mol. The summed E-state index contributed by atoms with van der Waals surface area (Å²) < 4.78 is 123. The summed E-state index contributed by atoms with van der Waals surface area (Å²) in [6, 6.07) is 51.3. The number of anilines is 4. The van der Waals surface area contributed by atoms with Crippen molar-refractivity contribution in [3.8, 4) is 72.0 Å². The monoisotopic (exact) mass is 2070 g/mol. The van der Waals surface area contributed by atoms with E-state index >= 15 is 4.39 Å². The normalized spacial score (nSPS) is 11.0. The molecule has 3 radical (unpaired) electrons. The van der Waals surface area contributed by atoms with Gasteiger partial charge in [-0.3, -0.25) is 63.5 Å². The number of hydrogen-bond acceptors (Lipinski definition) is 30. The minimum atomic E-state index is -1.19. The predicted molar refractivity (Wildman–Crippen MR) is 541 cm³/mol. The third-order valence-electron chi connectivity index (χ3n) is 20.0. The van der Waals surface area contributed by atoms with Crippen LogP contribution in [0.3, 0.4) is 0 Å². The maximum atomic E-state index is 15.1. The molecule has 31 nitrogen and oxygen atoms in total. The van der Waals surface area contributed by atoms with Crippen LogP contribution in [0.5, 0.6) is 40.2 Å². The summed E-state index contributed by atoms with van der Waals surface area (Å²) in [5, 5.41) is 11.8. The maximum absolute atomic E-state index is 15.1. The van der Waals surface area contributed by atoms with E-state index in [0.29, 0.717) is 81.1 Å². The third-order valence-corrected chi connectivity index (χ3v) is 23.5. The number of ketones is 2. The molecule has 6 N–H and O–H groups in total. The van der Waals surface area contributed by atoms with Crippen LogP contribution in [0, 0.1) is 34.9 Å². The van der Waals surface area contributed by atoms with Gasteiger partial charge in [-0.1, -0.05) is 45.5 Å². The molecule has 16 rings (SSSR count). The molecule has 42 heteroatoms. The van der Waals surface area contributed by atoms with Gasteiger partial charge >= 0.3 is 47.5 Å². The van der Waals surface area contributed by atoms with Crippen molar-refractivity contribution in [1.29, 1.82) is 0 Å². The molecule has 10 heterocycles. The average molecular weight is 2070 g/mol. The molecular formula is C104H101BF6N12NaO19S3. The minimum Gasteiger partial charge on any atom is -0.793 e. The van der Waals surface area contributed by atoms with Gasteiger partial charge in [-0.15, -0.1) is 34.0 Å². The summed E-state index contributed by atoms with van der Waals surface area (Å²) in [5.41, 5.74) is 19.7. The Morgan fingerprint density at radius 2 is 0.822 bits per heavy atom. The van der Waals surface area contributed by atoms with Crippen LogP contribution >= 0.6 is 34.0 Å². The number of benzene rings is 6. The molecule has 9 aromatic heterocycles. The fourth-order valence-electron chi connectivity index (χ4n) is 12.7. The number of fused-ring (bicyclic) bond motifs is 3. The van der Waals surface area contributed by atoms with Crippen molar-refractivity contribution in [2.75, 3.05) is 75.0 Å². The molecule has 0 saturated carbocycles. The standard InChI is InChI=1S/C33H30F2N4O3S.C30H23F2N3O4S.C21H16FN3O3S.C10H10FNO3.C4H6O4.C3H9N.C2H3BO2.CH4.Na/c1-3-13-36-19-22-4-10-27(38-20-22)31-18-28-33(43-31)30(12-14-37-28)42-29-11-5-21(16-26(29)35)15-25(40)17-32(41)39(2)24-8-6-23(34)7-9-24;1-35(20-6-4-19(31)5-7-20)29(37)15-21(36)13-18-3-10-26(23(32)14-18)39-27-11-12-33-25-16-28(40-30(25)27)24-9-8-22(38-2)17-34-24;22-14-9-13(23)2-4-17(14)28-18-5-6-24-16-10-19(29-20(16)18)15-3-1-12(11-25-15)21-26-7-8-27-21;1-12(9(13)6-10(14)15)8-4-2-7(11)3-5-8;1-3(5)7-8-4(2)6;1-2-3-4;1-2(4)5-3;;/h4-12,14,16,18,20,36H,3,13,15,17,19H2,1-2H3;3-12,14,16-17H,13,15H2,1-2H3;1-6,9-11,21H,7-8,23H2;2-5H,6H2,1H3,(H,14,15);1-2H3;2-4H2,1H3;1H3;1H4;/q;;;;;;-1;;+1. The Hall–Kier alpha value is -14.8. The zero-order chi connectivity index (χ0) is 104. The first-order chi connectivity index (χ1) is 69.1. The van der Waals surface area contributed by atoms with Gasteiger partial charge in [0.15, 0.2) is 41.0 Å². The smallest absolute Gasteiger partial charge is 0.793 e. The second kappa shape index (κ2) is 58.2. The van der Waals surface area contributed by atoms with Gasteiger partial charge in [-0.25, -0.2) is 45.7 Å². The molecule has 15 aromatic rings. The number of nitrogen functional groups attached to an aromatic ring is 1. The Bertz CT molecular complexity index is 6910. The van der Waals surface area contributed by atoms with E-state index in [1.165, 1.54) is 186 Å². The number of thiophene rings is 3. The van der Waals surface area contributed by atoms with Crippen molar-refractivity contribution < 1.29 is 147 Å². The molecule has 0 atom stereocenters. The third kappa shape index (κ3) is 35.6. The number of carboxylic acids is 1. The van der Waals surface area contributed by atoms with Crippen LogP contribution in [0.1, 0.15) is 103 Å². The van der Waals surface area contributed by atoms with E-state index in [9.17, 15) is 65.1 Å². The number of nitrogens with one attached hydrogen (secondary N) is 1. The number of carbonyl (C=O) groups excluding carboxylic acids is 8. The summed E-state index contributed by atoms with van der Waals surface area (Å²) in [7, 11) is 10.4. The number of carboxylic acid groups (broad SMARTS) is 1. The van der Waals surface area contributed by atoms with Crippen molar-refractivity contribution in [2.24, 2.45) is 5.73 Å². The van der Waals surface area contributed by atoms with Gasteiger partial charge in [0.2, 0.25) is 23.7 Å². The van der Waals surface area contributed by atoms with Gasteiger partial charge < -0.3 is 77.7 Å². The summed E-state index contributed by atoms with van der Waals surface area (Å²) in [4.78, 5) is 142. The first kappa shape index (κ1) is 116. The number of ether oxygens (including phenoxy) is 6. The number of amides is 3. The number of Topliss-reactive ketones (excluding diaryl/α,β-unsaturated/α-hetero) is 2. The topological polar surface area (TPSA) is 408 Å². The molecule has 6 aromatic carbocycles. The molecule has 1 saturated heterocycles. The van der Waals surface area contributed by atoms with Crippen LogP contribution in [0.2, 0.25) is 0 Å². The van der Waals surface area contributed by atoms with E-state index in [1.807, 2.05) is 60.8 Å². The molecule has 1 fully saturated rings. The molecule has 0 bridgehead atoms. The van der Waals surface area contributed by atoms with Crippen molar-refractivity contribution in [1.82, 2.24) is 35.2 Å². The van der Waals surface area contributed by atoms with Crippen LogP contribution in [0.4, 0.5) is 49.1 Å². The SMILES string of the molecule is C.CC(=O)OOC(C)=O.CCCN.CCCNCc1ccc(-c2cc3nccc(Oc4ccc(CC(=O)CC(=O)N(C)c5ccc(F)cc5)cc4F)c3s2)nc1.CN(C(=O)CC(=O)O)c1ccc(F)cc1.COc1ccc(-c2cc3nccc(Oc4ccc(CC(=O)CC(=O)N(C)c5ccc(F)cc5)cc4F)c3s2)nc1.Nc1ccc(Oc2ccnc3cc(-c4ccc(C5OCCO5)cn4)sc23)c(F)c1.[B-]OC(C)=O.[Na+]. The number of hydrogen-bond donors (Lipinski definition) is 4. The first-order valence-electron chi connectivity index (χ1n) is 44.0. The molecule has 3 amide bonds. The summed E-state index contributed by atoms with van der Waals surface area (Å²) in [6.07, 6.45) is 10.3. The van der Waals surface area contributed by atoms with Crippen LogP contribution in [0.25, 0.3) is 62.4 Å². The number of aliphatic carboxylic acids is 1. The first-order valence-corrected chi connectivity index (χ1v) is 46.5. The maximum Gasteiger partial charge on any atom is 1.00 e. The number of aromatic nitrogens is 6. The average Bonchev–Trinajstić information content (AvgIpc) is 1.63. The van der Waals surface area contributed by atoms with Gasteiger partial charge in [-0.2, -0.15) is 0 Å². The van der Waals surface area contributed by atoms with Gasteiger partial charge in [0.1, 0.15) is 58.4 Å². The van der Waals surface area contributed by atoms with Gasteiger partial charge in [0.05, 0.1) is 102 Å². The molecule has 146 heavy (non-hydrogen) atoms. The number of halogens is 6. The van der Waals surface area contributed by atoms with E-state index in [-0.39, 0.29) is 97.8 Å². The zero-order valence-electron chi connectivity index (χ0n) is 80.1. The molecule has 0 spiro atoms. The Balaban J connectivity index is 0.000000233. The Morgan fingerprint density at radius 1 is 0.459 bits per heavy atom. The summed E-state index contributed by atoms with van der Waals surface area (Å²) >= 11 is 4.37. The van der Waals surface area contributed by atoms with Crippen molar-refractivity contribution in [3.63, 3.8) is 0 Å². The number of pyridine rings is 6. The summed E-state index contributed by atoms with van der Waals surface area (Å²) in [6.45, 7) is 11.4. The number of rotatable bonds is 29. The van der Waals surface area contributed by atoms with E-state index in [4.69, 9.17) is 45.0 Å². The van der Waals surface area contributed by atoms with Crippen molar-refractivity contribution in [3.05, 3.63) is 295 Å². The molecule has 1 aliphatic rings. The van der Waals surface area contributed by atoms with Crippen LogP contribution in [0.15, 0.2) is 237 Å². The number of methoxy groups -OCH3 is 1. The Kier molecular flexibility index (Phi) is 46.5. The van der Waals surface area contributed by atoms with Crippen molar-refractivity contribution in [2.45, 2.75) is 99.8 Å². The Morgan fingerprint density at radius 3 is 1.14 bits per heavy atom.